The van der Waals surface area contributed by atoms with Crippen LogP contribution in [0.3, 0.4) is 0 Å². The lowest BCUT2D eigenvalue weighted by atomic mass is 10.2. The van der Waals surface area contributed by atoms with Crippen molar-refractivity contribution < 1.29 is 46.4 Å². The van der Waals surface area contributed by atoms with E-state index in [1.54, 1.807) is 0 Å². The molecule has 2 unspecified atom stereocenters. The molecule has 116 valence electrons. The van der Waals surface area contributed by atoms with Crippen LogP contribution >= 0.6 is 23.5 Å². The molecular weight excluding hydrogens is 325 g/mol. The van der Waals surface area contributed by atoms with Crippen LogP contribution in [0.5, 0.6) is 0 Å². The summed E-state index contributed by atoms with van der Waals surface area (Å²) in [6, 6.07) is 0. The minimum atomic E-state index is -5.40. The van der Waals surface area contributed by atoms with E-state index >= 15 is 0 Å². The van der Waals surface area contributed by atoms with Gasteiger partial charge in [0.15, 0.2) is 0 Å². The van der Waals surface area contributed by atoms with Crippen molar-refractivity contribution in [3.8, 4) is 0 Å². The average Bonchev–Trinajstić information content (AvgIpc) is 2.10. The van der Waals surface area contributed by atoms with Crippen LogP contribution in [0.4, 0.5) is 0 Å². The van der Waals surface area contributed by atoms with Crippen molar-refractivity contribution in [3.05, 3.63) is 0 Å². The fourth-order valence-corrected chi connectivity index (χ4v) is 4.07. The second kappa shape index (κ2) is 8.00. The molecule has 13 heteroatoms. The van der Waals surface area contributed by atoms with Gasteiger partial charge in [-0.15, -0.1) is 0 Å². The molecule has 0 radical (unpaired) electrons. The van der Waals surface area contributed by atoms with Gasteiger partial charge in [-0.2, -0.15) is 8.62 Å². The fourth-order valence-electron chi connectivity index (χ4n) is 1.01. The molecule has 0 bridgehead atoms. The Balaban J connectivity index is 4.24. The first-order valence-electron chi connectivity index (χ1n) is 5.26. The Hall–Kier alpha value is 0.410. The summed E-state index contributed by atoms with van der Waals surface area (Å²) in [6.45, 7) is 1.76. The first-order chi connectivity index (χ1) is 8.47. The van der Waals surface area contributed by atoms with Crippen molar-refractivity contribution in [2.75, 3.05) is 6.61 Å². The highest BCUT2D eigenvalue weighted by molar-refractivity contribution is 7.66. The van der Waals surface area contributed by atoms with E-state index in [1.165, 1.54) is 0 Å². The zero-order valence-electron chi connectivity index (χ0n) is 10.1. The third-order valence-electron chi connectivity index (χ3n) is 1.67. The van der Waals surface area contributed by atoms with Gasteiger partial charge in [0.2, 0.25) is 0 Å². The average molecular weight is 342 g/mol. The van der Waals surface area contributed by atoms with Gasteiger partial charge in [-0.05, 0) is 6.42 Å². The summed E-state index contributed by atoms with van der Waals surface area (Å²) < 4.78 is 43.9. The van der Waals surface area contributed by atoms with Crippen molar-refractivity contribution in [3.63, 3.8) is 0 Å². The summed E-state index contributed by atoms with van der Waals surface area (Å²) in [5.74, 6) is 0. The molecule has 0 saturated heterocycles. The molecule has 0 heterocycles. The van der Waals surface area contributed by atoms with E-state index in [-0.39, 0.29) is 6.61 Å². The van der Waals surface area contributed by atoms with Crippen molar-refractivity contribution in [2.24, 2.45) is 0 Å². The van der Waals surface area contributed by atoms with Gasteiger partial charge < -0.3 is 19.6 Å². The maximum atomic E-state index is 11.2. The molecule has 10 nitrogen and oxygen atoms in total. The van der Waals surface area contributed by atoms with E-state index in [0.717, 1.165) is 19.3 Å². The van der Waals surface area contributed by atoms with Crippen molar-refractivity contribution in [2.45, 2.75) is 32.6 Å². The SMILES string of the molecule is CCCCCCOP(=O)(O)OP(=O)(O)OP(=O)(O)O. The van der Waals surface area contributed by atoms with Crippen LogP contribution in [0.25, 0.3) is 0 Å². The zero-order valence-corrected chi connectivity index (χ0v) is 12.8. The van der Waals surface area contributed by atoms with Crippen molar-refractivity contribution in [1.82, 2.24) is 0 Å². The summed E-state index contributed by atoms with van der Waals surface area (Å²) >= 11 is 0. The van der Waals surface area contributed by atoms with Crippen LogP contribution in [0, 0.1) is 0 Å². The number of phosphoric ester groups is 1. The normalized spacial score (nSPS) is 18.8. The highest BCUT2D eigenvalue weighted by Gasteiger charge is 2.40. The molecule has 2 atom stereocenters. The number of hydrogen-bond donors (Lipinski definition) is 4. The zero-order chi connectivity index (χ0) is 15.2. The minimum absolute atomic E-state index is 0.205. The van der Waals surface area contributed by atoms with Gasteiger partial charge in [0, 0.05) is 0 Å². The smallest absolute Gasteiger partial charge is 0.302 e. The molecule has 0 spiro atoms. The second-order valence-corrected chi connectivity index (χ2v) is 7.90. The highest BCUT2D eigenvalue weighted by Crippen LogP contribution is 2.66. The molecule has 0 aliphatic rings. The standard InChI is InChI=1S/C6H17O10P3/c1-2-3-4-5-6-14-18(10,11)16-19(12,13)15-17(7,8)9/h2-6H2,1H3,(H,10,11)(H,12,13)(H2,7,8,9). The van der Waals surface area contributed by atoms with Crippen LogP contribution in [-0.4, -0.2) is 26.2 Å². The Morgan fingerprint density at radius 3 is 1.89 bits per heavy atom. The molecular formula is C6H17O10P3. The largest absolute Gasteiger partial charge is 0.490 e. The van der Waals surface area contributed by atoms with Gasteiger partial charge >= 0.3 is 23.5 Å². The van der Waals surface area contributed by atoms with Gasteiger partial charge in [-0.25, -0.2) is 13.7 Å². The monoisotopic (exact) mass is 342 g/mol. The Bertz CT molecular complexity index is 402. The molecule has 0 saturated carbocycles. The first-order valence-corrected chi connectivity index (χ1v) is 9.78. The van der Waals surface area contributed by atoms with E-state index in [9.17, 15) is 13.7 Å². The summed E-state index contributed by atoms with van der Waals surface area (Å²) in [5.41, 5.74) is 0. The fraction of sp³-hybridized carbons (Fsp3) is 1.00. The van der Waals surface area contributed by atoms with Crippen LogP contribution in [0.1, 0.15) is 32.6 Å². The van der Waals surface area contributed by atoms with E-state index < -0.39 is 23.5 Å². The second-order valence-electron chi connectivity index (χ2n) is 3.48. The molecule has 0 aliphatic carbocycles. The number of phosphoric acid groups is 3. The molecule has 0 aromatic heterocycles. The lowest BCUT2D eigenvalue weighted by molar-refractivity contribution is 0.170. The van der Waals surface area contributed by atoms with E-state index in [4.69, 9.17) is 19.6 Å². The van der Waals surface area contributed by atoms with E-state index in [1.807, 2.05) is 6.92 Å². The summed E-state index contributed by atoms with van der Waals surface area (Å²) in [4.78, 5) is 34.5. The van der Waals surface area contributed by atoms with E-state index in [2.05, 4.69) is 13.1 Å². The number of hydrogen-bond acceptors (Lipinski definition) is 6. The van der Waals surface area contributed by atoms with Gasteiger partial charge in [-0.3, -0.25) is 4.52 Å². The molecule has 0 fully saturated rings. The van der Waals surface area contributed by atoms with Crippen LogP contribution in [0.15, 0.2) is 0 Å². The molecule has 0 aliphatic heterocycles. The van der Waals surface area contributed by atoms with Gasteiger partial charge in [-0.1, -0.05) is 26.2 Å². The number of rotatable bonds is 10. The van der Waals surface area contributed by atoms with Gasteiger partial charge in [0.1, 0.15) is 0 Å². The lowest BCUT2D eigenvalue weighted by Crippen LogP contribution is -1.98. The molecule has 0 rings (SSSR count). The van der Waals surface area contributed by atoms with Gasteiger partial charge in [0.05, 0.1) is 6.61 Å². The maximum Gasteiger partial charge on any atom is 0.490 e. The number of unbranched alkanes of at least 4 members (excludes halogenated alkanes) is 3. The summed E-state index contributed by atoms with van der Waals surface area (Å²) in [7, 11) is -15.7. The minimum Gasteiger partial charge on any atom is -0.302 e. The van der Waals surface area contributed by atoms with E-state index in [0.29, 0.717) is 6.42 Å². The summed E-state index contributed by atoms with van der Waals surface area (Å²) in [6.07, 6.45) is 2.98. The lowest BCUT2D eigenvalue weighted by Gasteiger charge is -2.15. The Kier molecular flexibility index (Phi) is 8.17. The molecule has 0 aromatic carbocycles. The summed E-state index contributed by atoms with van der Waals surface area (Å²) in [5, 5.41) is 0. The molecule has 0 amide bonds. The van der Waals surface area contributed by atoms with Crippen LogP contribution in [0.2, 0.25) is 0 Å². The molecule has 4 N–H and O–H groups in total. The quantitative estimate of drug-likeness (QED) is 0.341. The first kappa shape index (κ1) is 19.4. The third kappa shape index (κ3) is 11.9. The maximum absolute atomic E-state index is 11.2. The van der Waals surface area contributed by atoms with Gasteiger partial charge in [0.25, 0.3) is 0 Å². The van der Waals surface area contributed by atoms with Crippen LogP contribution in [-0.2, 0) is 26.8 Å². The van der Waals surface area contributed by atoms with Crippen LogP contribution < -0.4 is 0 Å². The highest BCUT2D eigenvalue weighted by atomic mass is 31.3. The van der Waals surface area contributed by atoms with Crippen molar-refractivity contribution in [1.29, 1.82) is 0 Å². The predicted molar refractivity (Wildman–Crippen MR) is 64.0 cm³/mol. The Morgan fingerprint density at radius 1 is 0.842 bits per heavy atom. The Morgan fingerprint density at radius 2 is 1.42 bits per heavy atom. The molecule has 19 heavy (non-hydrogen) atoms. The third-order valence-corrected chi connectivity index (χ3v) is 5.50. The molecule has 0 aromatic rings. The topological polar surface area (TPSA) is 160 Å². The Labute approximate surface area is 110 Å². The van der Waals surface area contributed by atoms with Crippen molar-refractivity contribution >= 4 is 23.5 Å². The predicted octanol–water partition coefficient (Wildman–Crippen LogP) is 1.91.